The second-order valence-corrected chi connectivity index (χ2v) is 6.82. The van der Waals surface area contributed by atoms with E-state index in [0.717, 1.165) is 5.56 Å². The lowest BCUT2D eigenvalue weighted by atomic mass is 10.1. The summed E-state index contributed by atoms with van der Waals surface area (Å²) in [5.41, 5.74) is 1.79. The Kier molecular flexibility index (Phi) is 9.62. The van der Waals surface area contributed by atoms with Crippen molar-refractivity contribution in [1.82, 2.24) is 5.32 Å². The molecule has 2 aromatic rings. The van der Waals surface area contributed by atoms with E-state index in [1.54, 1.807) is 30.3 Å². The molecular formula is C23H28N2O8. The molecule has 1 amide bonds. The standard InChI is InChI=1S/C19H24N2O4.C4H4O4/c1-13(9-14-3-6-16(25-2)7-4-14)20-11-19(24)15-5-8-18(23)17(10-15)21-12-22;5-3(6)1-2-4(7)8/h3-8,10,12-13,19-20,23-24H,9,11H2,1-2H3,(H,21,22);1-2H,(H,5,6)(H,7,8)/b;2-1+/t13-,19+;/m0./s1/i2+1D3;. The van der Waals surface area contributed by atoms with Crippen molar-refractivity contribution < 1.29 is 43.7 Å². The number of hydrogen-bond donors (Lipinski definition) is 6. The normalized spacial score (nSPS) is 13.9. The van der Waals surface area contributed by atoms with Gasteiger partial charge in [-0.3, -0.25) is 4.79 Å². The Bertz CT molecular complexity index is 1030. The summed E-state index contributed by atoms with van der Waals surface area (Å²) in [4.78, 5) is 29.7. The number of methoxy groups -OCH3 is 1. The number of aliphatic carboxylic acids is 2. The molecule has 0 aliphatic carbocycles. The van der Waals surface area contributed by atoms with Gasteiger partial charge in [0.15, 0.2) is 0 Å². The Morgan fingerprint density at radius 1 is 1.12 bits per heavy atom. The van der Waals surface area contributed by atoms with Crippen molar-refractivity contribution in [2.45, 2.75) is 25.5 Å². The highest BCUT2D eigenvalue weighted by molar-refractivity contribution is 5.89. The molecule has 0 spiro atoms. The van der Waals surface area contributed by atoms with E-state index in [1.165, 1.54) is 12.1 Å². The van der Waals surface area contributed by atoms with Crippen LogP contribution in [-0.2, 0) is 20.8 Å². The molecule has 2 rings (SSSR count). The van der Waals surface area contributed by atoms with Crippen molar-refractivity contribution in [1.29, 1.82) is 0 Å². The second-order valence-electron chi connectivity index (χ2n) is 6.82. The maximum absolute atomic E-state index is 10.6. The summed E-state index contributed by atoms with van der Waals surface area (Å²) in [6, 6.07) is 11.4. The summed E-state index contributed by atoms with van der Waals surface area (Å²) in [5.74, 6) is -2.30. The lowest BCUT2D eigenvalue weighted by Crippen LogP contribution is -2.32. The van der Waals surface area contributed by atoms with Crippen LogP contribution in [0.4, 0.5) is 5.69 Å². The van der Waals surface area contributed by atoms with E-state index in [-0.39, 0.29) is 29.8 Å². The Hall–Kier alpha value is -3.89. The van der Waals surface area contributed by atoms with Crippen molar-refractivity contribution in [3.63, 3.8) is 0 Å². The number of aromatic hydroxyl groups is 1. The number of anilines is 1. The van der Waals surface area contributed by atoms with Crippen LogP contribution in [0.15, 0.2) is 54.6 Å². The lowest BCUT2D eigenvalue weighted by molar-refractivity contribution is -0.134. The van der Waals surface area contributed by atoms with Crippen LogP contribution < -0.4 is 15.4 Å². The number of aliphatic hydroxyl groups excluding tert-OH is 1. The molecule has 0 saturated heterocycles. The van der Waals surface area contributed by atoms with Crippen molar-refractivity contribution in [2.24, 2.45) is 0 Å². The number of hydrogen-bond acceptors (Lipinski definition) is 7. The van der Waals surface area contributed by atoms with E-state index >= 15 is 0 Å². The van der Waals surface area contributed by atoms with Gasteiger partial charge in [-0.15, -0.1) is 0 Å². The quantitative estimate of drug-likeness (QED) is 0.126. The van der Waals surface area contributed by atoms with Crippen LogP contribution in [0.5, 0.6) is 11.5 Å². The summed E-state index contributed by atoms with van der Waals surface area (Å²) in [6.07, 6.45) is 1.43. The highest BCUT2D eigenvalue weighted by Crippen LogP contribution is 2.26. The minimum Gasteiger partial charge on any atom is -0.506 e. The molecule has 10 heteroatoms. The number of carbonyl (C=O) groups is 3. The minimum atomic E-state index is -2.47. The average Bonchev–Trinajstić information content (AvgIpc) is 2.78. The Balaban J connectivity index is 0.000000697. The zero-order valence-corrected chi connectivity index (χ0v) is 17.8. The largest absolute Gasteiger partial charge is 0.506 e. The van der Waals surface area contributed by atoms with Gasteiger partial charge in [-0.2, -0.15) is 0 Å². The Morgan fingerprint density at radius 2 is 1.76 bits per heavy atom. The van der Waals surface area contributed by atoms with Crippen molar-refractivity contribution in [3.05, 3.63) is 65.7 Å². The molecular weight excluding hydrogens is 433 g/mol. The highest BCUT2D eigenvalue weighted by Gasteiger charge is 2.12. The molecule has 0 radical (unpaired) electrons. The van der Waals surface area contributed by atoms with Gasteiger partial charge < -0.3 is 35.8 Å². The number of carboxylic acids is 2. The molecule has 0 aromatic heterocycles. The first kappa shape index (κ1) is 22.3. The van der Waals surface area contributed by atoms with Crippen LogP contribution in [0, 0.1) is 0 Å². The number of phenolic OH excluding ortho intramolecular Hbond substituents is 1. The van der Waals surface area contributed by atoms with Crippen molar-refractivity contribution in [2.75, 3.05) is 18.9 Å². The second kappa shape index (κ2) is 14.2. The van der Waals surface area contributed by atoms with E-state index in [1.807, 2.05) is 6.92 Å². The Labute approximate surface area is 195 Å². The number of aliphatic hydroxyl groups is 1. The maximum Gasteiger partial charge on any atom is 0.328 e. The van der Waals surface area contributed by atoms with Gasteiger partial charge in [-0.25, -0.2) is 9.59 Å². The SMILES string of the molecule is O=C(O)/C=C/C(=O)O.[2H][13C]([2H])([2H])Oc1ccc(C[C@H](C)NC[C@@H](O)c2ccc(O)c(NC=O)c2)cc1. The van der Waals surface area contributed by atoms with Gasteiger partial charge in [0.2, 0.25) is 6.41 Å². The molecule has 0 bridgehead atoms. The fourth-order valence-electron chi connectivity index (χ4n) is 2.63. The van der Waals surface area contributed by atoms with Crippen LogP contribution in [0.3, 0.4) is 0 Å². The summed E-state index contributed by atoms with van der Waals surface area (Å²) in [5, 5.41) is 41.2. The van der Waals surface area contributed by atoms with Gasteiger partial charge in [-0.1, -0.05) is 18.2 Å². The Morgan fingerprint density at radius 3 is 2.30 bits per heavy atom. The summed E-state index contributed by atoms with van der Waals surface area (Å²) in [6.45, 7) is 2.25. The van der Waals surface area contributed by atoms with Crippen LogP contribution in [0.1, 0.15) is 28.3 Å². The van der Waals surface area contributed by atoms with Crippen LogP contribution in [0.2, 0.25) is 0 Å². The zero-order chi connectivity index (χ0) is 27.3. The van der Waals surface area contributed by atoms with Crippen LogP contribution >= 0.6 is 0 Å². The van der Waals surface area contributed by atoms with Crippen molar-refractivity contribution >= 4 is 24.0 Å². The van der Waals surface area contributed by atoms with Crippen molar-refractivity contribution in [3.8, 4) is 11.5 Å². The van der Waals surface area contributed by atoms with Gasteiger partial charge in [0.1, 0.15) is 11.5 Å². The number of phenols is 1. The third kappa shape index (κ3) is 10.8. The first-order valence-electron chi connectivity index (χ1n) is 11.2. The number of rotatable bonds is 11. The molecule has 0 heterocycles. The number of benzene rings is 2. The molecule has 6 N–H and O–H groups in total. The molecule has 10 nitrogen and oxygen atoms in total. The predicted molar refractivity (Wildman–Crippen MR) is 121 cm³/mol. The van der Waals surface area contributed by atoms with Gasteiger partial charge in [0.25, 0.3) is 0 Å². The molecule has 2 atom stereocenters. The summed E-state index contributed by atoms with van der Waals surface area (Å²) < 4.78 is 26.1. The van der Waals surface area contributed by atoms with E-state index < -0.39 is 25.1 Å². The van der Waals surface area contributed by atoms with Gasteiger partial charge in [-0.05, 0) is 48.7 Å². The molecule has 0 aliphatic rings. The number of amides is 1. The van der Waals surface area contributed by atoms with Gasteiger partial charge >= 0.3 is 11.9 Å². The smallest absolute Gasteiger partial charge is 0.328 e. The maximum atomic E-state index is 10.6. The van der Waals surface area contributed by atoms with Gasteiger partial charge in [0.05, 0.1) is 22.9 Å². The van der Waals surface area contributed by atoms with E-state index in [9.17, 15) is 24.6 Å². The number of carbonyl (C=O) groups excluding carboxylic acids is 1. The third-order valence-corrected chi connectivity index (χ3v) is 4.23. The van der Waals surface area contributed by atoms with Crippen LogP contribution in [-0.4, -0.2) is 58.4 Å². The molecule has 0 aliphatic heterocycles. The van der Waals surface area contributed by atoms with Crippen LogP contribution in [0.25, 0.3) is 0 Å². The number of nitrogens with one attached hydrogen (secondary N) is 2. The topological polar surface area (TPSA) is 165 Å². The summed E-state index contributed by atoms with van der Waals surface area (Å²) in [7, 11) is -2.47. The first-order valence-corrected chi connectivity index (χ1v) is 9.67. The minimum absolute atomic E-state index is 0.0497. The number of ether oxygens (including phenoxy) is 1. The first-order chi connectivity index (χ1) is 16.8. The number of carboxylic acid groups (broad SMARTS) is 2. The monoisotopic (exact) mass is 464 g/mol. The molecule has 0 fully saturated rings. The predicted octanol–water partition coefficient (Wildman–Crippen LogP) is 1.94. The zero-order valence-electron chi connectivity index (χ0n) is 20.8. The molecule has 33 heavy (non-hydrogen) atoms. The molecule has 2 aromatic carbocycles. The third-order valence-electron chi connectivity index (χ3n) is 4.23. The lowest BCUT2D eigenvalue weighted by Gasteiger charge is -2.18. The average molecular weight is 464 g/mol. The van der Waals surface area contributed by atoms with Gasteiger partial charge in [0, 0.05) is 24.7 Å². The fourth-order valence-corrected chi connectivity index (χ4v) is 2.63. The molecule has 178 valence electrons. The molecule has 0 unspecified atom stereocenters. The highest BCUT2D eigenvalue weighted by atomic mass is 16.5. The van der Waals surface area contributed by atoms with E-state index in [0.29, 0.717) is 30.5 Å². The van der Waals surface area contributed by atoms with E-state index in [4.69, 9.17) is 19.1 Å². The fraction of sp³-hybridized carbons (Fsp3) is 0.261. The van der Waals surface area contributed by atoms with E-state index in [2.05, 4.69) is 10.6 Å². The summed E-state index contributed by atoms with van der Waals surface area (Å²) >= 11 is 0. The molecule has 0 saturated carbocycles.